The smallest absolute Gasteiger partial charge is 0.286 e. The number of hydrogen-bond acceptors (Lipinski definition) is 6. The minimum Gasteiger partial charge on any atom is -0.486 e. The molecule has 4 aromatic rings. The van der Waals surface area contributed by atoms with Crippen molar-refractivity contribution in [2.24, 2.45) is 0 Å². The van der Waals surface area contributed by atoms with Crippen molar-refractivity contribution in [1.29, 1.82) is 0 Å². The van der Waals surface area contributed by atoms with Crippen LogP contribution in [0.1, 0.15) is 21.5 Å². The van der Waals surface area contributed by atoms with Gasteiger partial charge < -0.3 is 14.8 Å². The minimum absolute atomic E-state index is 0.0697. The highest BCUT2D eigenvalue weighted by Crippen LogP contribution is 2.36. The number of ether oxygens (including phenoxy) is 2. The molecule has 9 nitrogen and oxygen atoms in total. The fourth-order valence-electron chi connectivity index (χ4n) is 4.01. The van der Waals surface area contributed by atoms with Crippen LogP contribution >= 0.6 is 0 Å². The van der Waals surface area contributed by atoms with Gasteiger partial charge in [-0.05, 0) is 28.3 Å². The summed E-state index contributed by atoms with van der Waals surface area (Å²) in [7, 11) is 0. The Morgan fingerprint density at radius 3 is 2.49 bits per heavy atom. The third kappa shape index (κ3) is 4.84. The summed E-state index contributed by atoms with van der Waals surface area (Å²) in [5.41, 5.74) is 3.59. The first kappa shape index (κ1) is 22.1. The second kappa shape index (κ2) is 9.68. The molecular formula is C26H22N4O5. The molecule has 1 amide bonds. The van der Waals surface area contributed by atoms with Crippen LogP contribution in [-0.2, 0) is 13.1 Å². The Hall–Kier alpha value is -4.66. The molecule has 5 rings (SSSR count). The number of nitrogens with one attached hydrogen (secondary N) is 1. The number of hydrogen-bond donors (Lipinski definition) is 1. The van der Waals surface area contributed by atoms with Crippen LogP contribution in [0.5, 0.6) is 11.5 Å². The van der Waals surface area contributed by atoms with Gasteiger partial charge in [0.2, 0.25) is 0 Å². The van der Waals surface area contributed by atoms with Gasteiger partial charge in [-0.2, -0.15) is 5.10 Å². The van der Waals surface area contributed by atoms with E-state index in [1.807, 2.05) is 65.5 Å². The zero-order valence-electron chi connectivity index (χ0n) is 18.7. The van der Waals surface area contributed by atoms with Crippen LogP contribution in [0, 0.1) is 10.1 Å². The fraction of sp³-hybridized carbons (Fsp3) is 0.154. The van der Waals surface area contributed by atoms with Gasteiger partial charge in [0.1, 0.15) is 18.8 Å². The van der Waals surface area contributed by atoms with Crippen LogP contribution < -0.4 is 14.8 Å². The number of amides is 1. The first-order valence-corrected chi connectivity index (χ1v) is 11.1. The summed E-state index contributed by atoms with van der Waals surface area (Å²) in [5, 5.41) is 18.6. The van der Waals surface area contributed by atoms with Gasteiger partial charge in [0.25, 0.3) is 11.6 Å². The third-order valence-corrected chi connectivity index (χ3v) is 5.73. The van der Waals surface area contributed by atoms with Gasteiger partial charge in [0.05, 0.1) is 17.5 Å². The van der Waals surface area contributed by atoms with E-state index < -0.39 is 10.8 Å². The SMILES string of the molecule is O=C(NCc1ccccc1-c1ccc(Cn2cccn2)cc1)c1cc2c(cc1[N+](=O)[O-])OCCO2. The van der Waals surface area contributed by atoms with Gasteiger partial charge >= 0.3 is 0 Å². The molecule has 0 atom stereocenters. The molecule has 1 aromatic heterocycles. The van der Waals surface area contributed by atoms with Crippen LogP contribution in [0.4, 0.5) is 5.69 Å². The lowest BCUT2D eigenvalue weighted by molar-refractivity contribution is -0.385. The van der Waals surface area contributed by atoms with Crippen molar-refractivity contribution in [1.82, 2.24) is 15.1 Å². The van der Waals surface area contributed by atoms with Crippen LogP contribution in [0.25, 0.3) is 11.1 Å². The average molecular weight is 470 g/mol. The Morgan fingerprint density at radius 2 is 1.77 bits per heavy atom. The highest BCUT2D eigenvalue weighted by molar-refractivity contribution is 5.99. The minimum atomic E-state index is -0.591. The first-order valence-electron chi connectivity index (χ1n) is 11.1. The Bertz CT molecular complexity index is 1370. The zero-order chi connectivity index (χ0) is 24.2. The van der Waals surface area contributed by atoms with E-state index in [4.69, 9.17) is 9.47 Å². The third-order valence-electron chi connectivity index (χ3n) is 5.73. The maximum atomic E-state index is 13.0. The van der Waals surface area contributed by atoms with Crippen LogP contribution in [0.2, 0.25) is 0 Å². The fourth-order valence-corrected chi connectivity index (χ4v) is 4.01. The van der Waals surface area contributed by atoms with Crippen molar-refractivity contribution >= 4 is 11.6 Å². The van der Waals surface area contributed by atoms with E-state index in [0.717, 1.165) is 22.3 Å². The lowest BCUT2D eigenvalue weighted by Crippen LogP contribution is -2.25. The number of benzene rings is 3. The summed E-state index contributed by atoms with van der Waals surface area (Å²) in [5.74, 6) is 0.0292. The van der Waals surface area contributed by atoms with Gasteiger partial charge in [-0.25, -0.2) is 0 Å². The molecule has 1 N–H and O–H groups in total. The molecule has 0 saturated carbocycles. The molecule has 0 bridgehead atoms. The molecule has 3 aromatic carbocycles. The Labute approximate surface area is 201 Å². The Morgan fingerprint density at radius 1 is 1.03 bits per heavy atom. The molecule has 0 aliphatic carbocycles. The summed E-state index contributed by atoms with van der Waals surface area (Å²) < 4.78 is 12.8. The molecule has 0 saturated heterocycles. The van der Waals surface area contributed by atoms with Gasteiger partial charge in [-0.3, -0.25) is 19.6 Å². The predicted molar refractivity (Wildman–Crippen MR) is 128 cm³/mol. The highest BCUT2D eigenvalue weighted by Gasteiger charge is 2.26. The number of carbonyl (C=O) groups is 1. The van der Waals surface area contributed by atoms with E-state index in [9.17, 15) is 14.9 Å². The summed E-state index contributed by atoms with van der Waals surface area (Å²) in [4.78, 5) is 23.9. The average Bonchev–Trinajstić information content (AvgIpc) is 3.40. The monoisotopic (exact) mass is 470 g/mol. The lowest BCUT2D eigenvalue weighted by Gasteiger charge is -2.19. The van der Waals surface area contributed by atoms with Gasteiger partial charge in [-0.15, -0.1) is 0 Å². The molecule has 35 heavy (non-hydrogen) atoms. The van der Waals surface area contributed by atoms with Crippen molar-refractivity contribution in [2.45, 2.75) is 13.1 Å². The van der Waals surface area contributed by atoms with Crippen molar-refractivity contribution in [2.75, 3.05) is 13.2 Å². The van der Waals surface area contributed by atoms with Crippen molar-refractivity contribution in [3.63, 3.8) is 0 Å². The van der Waals surface area contributed by atoms with E-state index in [1.165, 1.54) is 12.1 Å². The van der Waals surface area contributed by atoms with Gasteiger partial charge in [0, 0.05) is 25.0 Å². The lowest BCUT2D eigenvalue weighted by atomic mass is 9.98. The second-order valence-corrected chi connectivity index (χ2v) is 8.01. The predicted octanol–water partition coefficient (Wildman–Crippen LogP) is 4.21. The van der Waals surface area contributed by atoms with E-state index in [2.05, 4.69) is 10.4 Å². The molecule has 1 aliphatic heterocycles. The number of nitrogens with zero attached hydrogens (tertiary/aromatic N) is 3. The number of aromatic nitrogens is 2. The molecule has 2 heterocycles. The molecule has 1 aliphatic rings. The zero-order valence-corrected chi connectivity index (χ0v) is 18.7. The van der Waals surface area contributed by atoms with Crippen LogP contribution in [-0.4, -0.2) is 33.8 Å². The van der Waals surface area contributed by atoms with Crippen molar-refractivity contribution < 1.29 is 19.2 Å². The molecule has 0 fully saturated rings. The number of nitro groups is 1. The molecular weight excluding hydrogens is 448 g/mol. The highest BCUT2D eigenvalue weighted by atomic mass is 16.6. The van der Waals surface area contributed by atoms with Crippen molar-refractivity contribution in [3.8, 4) is 22.6 Å². The van der Waals surface area contributed by atoms with Crippen LogP contribution in [0.15, 0.2) is 79.1 Å². The van der Waals surface area contributed by atoms with Gasteiger partial charge in [-0.1, -0.05) is 48.5 Å². The van der Waals surface area contributed by atoms with E-state index in [1.54, 1.807) is 6.20 Å². The maximum Gasteiger partial charge on any atom is 0.286 e. The van der Waals surface area contributed by atoms with E-state index in [-0.39, 0.29) is 23.5 Å². The summed E-state index contributed by atoms with van der Waals surface area (Å²) >= 11 is 0. The number of fused-ring (bicyclic) bond motifs is 1. The van der Waals surface area contributed by atoms with Gasteiger partial charge in [0.15, 0.2) is 11.5 Å². The number of carbonyl (C=O) groups excluding carboxylic acids is 1. The standard InChI is InChI=1S/C26H22N4O5/c31-26(22-14-24-25(35-13-12-34-24)15-23(22)30(32)33)27-16-20-4-1-2-5-21(20)19-8-6-18(7-9-19)17-29-11-3-10-28-29/h1-11,14-15H,12-13,16-17H2,(H,27,31). The Kier molecular flexibility index (Phi) is 6.13. The summed E-state index contributed by atoms with van der Waals surface area (Å²) in [6.07, 6.45) is 3.66. The maximum absolute atomic E-state index is 13.0. The normalized spacial score (nSPS) is 12.2. The Balaban J connectivity index is 1.34. The quantitative estimate of drug-likeness (QED) is 0.320. The molecule has 0 spiro atoms. The molecule has 9 heteroatoms. The summed E-state index contributed by atoms with van der Waals surface area (Å²) in [6.45, 7) is 1.51. The summed E-state index contributed by atoms with van der Waals surface area (Å²) in [6, 6.07) is 20.4. The first-order chi connectivity index (χ1) is 17.1. The van der Waals surface area contributed by atoms with E-state index in [0.29, 0.717) is 25.5 Å². The second-order valence-electron chi connectivity index (χ2n) is 8.01. The van der Waals surface area contributed by atoms with Crippen LogP contribution in [0.3, 0.4) is 0 Å². The molecule has 176 valence electrons. The topological polar surface area (TPSA) is 109 Å². The van der Waals surface area contributed by atoms with Crippen molar-refractivity contribution in [3.05, 3.63) is 106 Å². The van der Waals surface area contributed by atoms with E-state index >= 15 is 0 Å². The molecule has 0 radical (unpaired) electrons. The number of rotatable bonds is 7. The largest absolute Gasteiger partial charge is 0.486 e. The number of nitro benzene ring substituents is 1. The molecule has 0 unspecified atom stereocenters.